The molecular weight excluding hydrogens is 392 g/mol. The minimum Gasteiger partial charge on any atom is -0.346 e. The van der Waals surface area contributed by atoms with Crippen LogP contribution < -0.4 is 10.0 Å². The fourth-order valence-electron chi connectivity index (χ4n) is 2.98. The van der Waals surface area contributed by atoms with E-state index in [0.717, 1.165) is 22.5 Å². The van der Waals surface area contributed by atoms with Crippen molar-refractivity contribution in [3.63, 3.8) is 0 Å². The van der Waals surface area contributed by atoms with Crippen LogP contribution in [-0.2, 0) is 10.0 Å². The molecular formula is C21H22N2O3S2. The van der Waals surface area contributed by atoms with Crippen molar-refractivity contribution in [2.45, 2.75) is 31.0 Å². The first-order valence-electron chi connectivity index (χ1n) is 8.80. The van der Waals surface area contributed by atoms with E-state index in [1.807, 2.05) is 32.9 Å². The SMILES string of the molecule is Cc1ccc([C@@H](C)NC(=O)c2ccc(NS(=O)(=O)c3cccs3)cc2)c(C)c1. The molecule has 0 spiro atoms. The van der Waals surface area contributed by atoms with Gasteiger partial charge in [0.2, 0.25) is 0 Å². The maximum atomic E-state index is 12.5. The number of anilines is 1. The number of rotatable bonds is 6. The predicted octanol–water partition coefficient (Wildman–Crippen LogP) is 4.66. The molecule has 1 heterocycles. The molecule has 1 atom stereocenters. The molecule has 2 aromatic carbocycles. The molecule has 2 N–H and O–H groups in total. The number of benzene rings is 2. The molecule has 146 valence electrons. The lowest BCUT2D eigenvalue weighted by Gasteiger charge is -2.17. The van der Waals surface area contributed by atoms with E-state index in [-0.39, 0.29) is 16.2 Å². The van der Waals surface area contributed by atoms with Crippen molar-refractivity contribution in [2.24, 2.45) is 0 Å². The van der Waals surface area contributed by atoms with Crippen molar-refractivity contribution in [3.8, 4) is 0 Å². The summed E-state index contributed by atoms with van der Waals surface area (Å²) in [6.07, 6.45) is 0. The van der Waals surface area contributed by atoms with Gasteiger partial charge in [-0.1, -0.05) is 29.8 Å². The normalized spacial score (nSPS) is 12.4. The van der Waals surface area contributed by atoms with E-state index in [1.165, 1.54) is 5.56 Å². The molecule has 3 rings (SSSR count). The van der Waals surface area contributed by atoms with Crippen molar-refractivity contribution in [1.29, 1.82) is 0 Å². The number of carbonyl (C=O) groups excluding carboxylic acids is 1. The summed E-state index contributed by atoms with van der Waals surface area (Å²) in [5.41, 5.74) is 4.26. The molecule has 0 aliphatic heterocycles. The van der Waals surface area contributed by atoms with Gasteiger partial charge in [0.05, 0.1) is 6.04 Å². The van der Waals surface area contributed by atoms with E-state index in [4.69, 9.17) is 0 Å². The Balaban J connectivity index is 1.68. The average Bonchev–Trinajstić information content (AvgIpc) is 3.17. The fourth-order valence-corrected chi connectivity index (χ4v) is 5.03. The van der Waals surface area contributed by atoms with Gasteiger partial charge in [0.15, 0.2) is 0 Å². The Labute approximate surface area is 169 Å². The number of hydrogen-bond acceptors (Lipinski definition) is 4. The molecule has 1 aromatic heterocycles. The third kappa shape index (κ3) is 4.61. The molecule has 0 radical (unpaired) electrons. The third-order valence-electron chi connectivity index (χ3n) is 4.40. The molecule has 7 heteroatoms. The molecule has 0 saturated heterocycles. The maximum absolute atomic E-state index is 12.5. The Morgan fingerprint density at radius 1 is 1.04 bits per heavy atom. The highest BCUT2D eigenvalue weighted by atomic mass is 32.2. The summed E-state index contributed by atoms with van der Waals surface area (Å²) in [4.78, 5) is 12.5. The molecule has 1 amide bonds. The van der Waals surface area contributed by atoms with Crippen LogP contribution in [0.4, 0.5) is 5.69 Å². The molecule has 0 unspecified atom stereocenters. The Morgan fingerprint density at radius 3 is 2.36 bits per heavy atom. The highest BCUT2D eigenvalue weighted by Crippen LogP contribution is 2.22. The van der Waals surface area contributed by atoms with Crippen LogP contribution in [0.1, 0.15) is 40.0 Å². The number of carbonyl (C=O) groups is 1. The van der Waals surface area contributed by atoms with Gasteiger partial charge in [-0.2, -0.15) is 0 Å². The second-order valence-corrected chi connectivity index (χ2v) is 9.53. The summed E-state index contributed by atoms with van der Waals surface area (Å²) in [5, 5.41) is 4.69. The average molecular weight is 415 g/mol. The number of hydrogen-bond donors (Lipinski definition) is 2. The third-order valence-corrected chi connectivity index (χ3v) is 7.18. The van der Waals surface area contributed by atoms with Crippen molar-refractivity contribution in [3.05, 3.63) is 82.2 Å². The smallest absolute Gasteiger partial charge is 0.271 e. The molecule has 0 aliphatic carbocycles. The van der Waals surface area contributed by atoms with Crippen LogP contribution in [0.25, 0.3) is 0 Å². The van der Waals surface area contributed by atoms with Crippen molar-refractivity contribution in [1.82, 2.24) is 5.32 Å². The van der Waals surface area contributed by atoms with Crippen molar-refractivity contribution < 1.29 is 13.2 Å². The van der Waals surface area contributed by atoms with E-state index in [1.54, 1.807) is 41.8 Å². The zero-order valence-electron chi connectivity index (χ0n) is 15.9. The lowest BCUT2D eigenvalue weighted by Crippen LogP contribution is -2.27. The molecule has 0 aliphatic rings. The molecule has 0 fully saturated rings. The van der Waals surface area contributed by atoms with E-state index in [9.17, 15) is 13.2 Å². The molecule has 5 nitrogen and oxygen atoms in total. The minimum absolute atomic E-state index is 0.134. The maximum Gasteiger partial charge on any atom is 0.271 e. The quantitative estimate of drug-likeness (QED) is 0.616. The summed E-state index contributed by atoms with van der Waals surface area (Å²) in [5.74, 6) is -0.208. The first-order valence-corrected chi connectivity index (χ1v) is 11.2. The van der Waals surface area contributed by atoms with Crippen LogP contribution in [0.15, 0.2) is 64.2 Å². The Hall–Kier alpha value is -2.64. The largest absolute Gasteiger partial charge is 0.346 e. The van der Waals surface area contributed by atoms with Crippen LogP contribution in [-0.4, -0.2) is 14.3 Å². The van der Waals surface area contributed by atoms with E-state index in [0.29, 0.717) is 11.3 Å². The van der Waals surface area contributed by atoms with Gasteiger partial charge in [-0.15, -0.1) is 11.3 Å². The molecule has 0 saturated carbocycles. The number of nitrogens with one attached hydrogen (secondary N) is 2. The molecule has 3 aromatic rings. The second-order valence-electron chi connectivity index (χ2n) is 6.67. The molecule has 0 bridgehead atoms. The summed E-state index contributed by atoms with van der Waals surface area (Å²) in [7, 11) is -3.60. The van der Waals surface area contributed by atoms with Crippen LogP contribution in [0.3, 0.4) is 0 Å². The topological polar surface area (TPSA) is 75.3 Å². The number of sulfonamides is 1. The van der Waals surface area contributed by atoms with Crippen molar-refractivity contribution >= 4 is 33.0 Å². The fraction of sp³-hybridized carbons (Fsp3) is 0.190. The summed E-state index contributed by atoms with van der Waals surface area (Å²) >= 11 is 1.15. The summed E-state index contributed by atoms with van der Waals surface area (Å²) in [6.45, 7) is 6.01. The zero-order chi connectivity index (χ0) is 20.3. The van der Waals surface area contributed by atoms with Crippen molar-refractivity contribution in [2.75, 3.05) is 4.72 Å². The van der Waals surface area contributed by atoms with E-state index < -0.39 is 10.0 Å². The van der Waals surface area contributed by atoms with Crippen LogP contribution in [0.5, 0.6) is 0 Å². The van der Waals surface area contributed by atoms with Gasteiger partial charge >= 0.3 is 0 Å². The first-order chi connectivity index (χ1) is 13.3. The zero-order valence-corrected chi connectivity index (χ0v) is 17.5. The van der Waals surface area contributed by atoms with Gasteiger partial charge < -0.3 is 5.32 Å². The first kappa shape index (κ1) is 20.1. The van der Waals surface area contributed by atoms with Gasteiger partial charge in [0.25, 0.3) is 15.9 Å². The standard InChI is InChI=1S/C21H22N2O3S2/c1-14-6-11-19(15(2)13-14)16(3)22-21(24)17-7-9-18(10-8-17)23-28(25,26)20-5-4-12-27-20/h4-13,16,23H,1-3H3,(H,22,24)/t16-/m1/s1. The monoisotopic (exact) mass is 414 g/mol. The van der Waals surface area contributed by atoms with Gasteiger partial charge in [0, 0.05) is 11.3 Å². The highest BCUT2D eigenvalue weighted by Gasteiger charge is 2.16. The van der Waals surface area contributed by atoms with Gasteiger partial charge in [-0.25, -0.2) is 8.42 Å². The summed E-state index contributed by atoms with van der Waals surface area (Å²) < 4.78 is 27.3. The number of aryl methyl sites for hydroxylation is 2. The Bertz CT molecular complexity index is 1070. The van der Waals surface area contributed by atoms with E-state index in [2.05, 4.69) is 16.1 Å². The van der Waals surface area contributed by atoms with Gasteiger partial charge in [-0.3, -0.25) is 9.52 Å². The van der Waals surface area contributed by atoms with Crippen LogP contribution in [0.2, 0.25) is 0 Å². The predicted molar refractivity (Wildman–Crippen MR) is 113 cm³/mol. The lowest BCUT2D eigenvalue weighted by atomic mass is 10.00. The van der Waals surface area contributed by atoms with E-state index >= 15 is 0 Å². The minimum atomic E-state index is -3.60. The van der Waals surface area contributed by atoms with Gasteiger partial charge in [0.1, 0.15) is 4.21 Å². The second kappa shape index (κ2) is 8.16. The number of amides is 1. The summed E-state index contributed by atoms with van der Waals surface area (Å²) in [6, 6.07) is 15.6. The van der Waals surface area contributed by atoms with Gasteiger partial charge in [-0.05, 0) is 67.6 Å². The van der Waals surface area contributed by atoms with Crippen LogP contribution >= 0.6 is 11.3 Å². The molecule has 28 heavy (non-hydrogen) atoms. The Kier molecular flexibility index (Phi) is 5.86. The van der Waals surface area contributed by atoms with Crippen LogP contribution in [0, 0.1) is 13.8 Å². The lowest BCUT2D eigenvalue weighted by molar-refractivity contribution is 0.0940. The Morgan fingerprint density at radius 2 is 1.75 bits per heavy atom. The number of thiophene rings is 1. The highest BCUT2D eigenvalue weighted by molar-refractivity contribution is 7.94.